The minimum absolute atomic E-state index is 0.128. The van der Waals surface area contributed by atoms with Crippen LogP contribution in [0.25, 0.3) is 6.08 Å². The maximum atomic E-state index is 12.2. The maximum Gasteiger partial charge on any atom is 0.353 e. The Morgan fingerprint density at radius 3 is 2.23 bits per heavy atom. The van der Waals surface area contributed by atoms with Gasteiger partial charge < -0.3 is 9.47 Å². The number of esters is 1. The van der Waals surface area contributed by atoms with Gasteiger partial charge in [-0.2, -0.15) is 0 Å². The lowest BCUT2D eigenvalue weighted by Gasteiger charge is -2.03. The molecule has 3 aromatic rings. The summed E-state index contributed by atoms with van der Waals surface area (Å²) < 4.78 is 10.4. The predicted molar refractivity (Wildman–Crippen MR) is 102 cm³/mol. The number of benzene rings is 2. The molecular weight excluding hydrogens is 348 g/mol. The van der Waals surface area contributed by atoms with Gasteiger partial charge in [-0.15, -0.1) is 11.3 Å². The second-order valence-corrected chi connectivity index (χ2v) is 6.31. The van der Waals surface area contributed by atoms with E-state index < -0.39 is 5.97 Å². The van der Waals surface area contributed by atoms with Crippen molar-refractivity contribution in [3.63, 3.8) is 0 Å². The van der Waals surface area contributed by atoms with Crippen LogP contribution in [-0.4, -0.2) is 18.9 Å². The van der Waals surface area contributed by atoms with Crippen LogP contribution in [0.15, 0.2) is 72.1 Å². The highest BCUT2D eigenvalue weighted by Crippen LogP contribution is 2.17. The van der Waals surface area contributed by atoms with Gasteiger partial charge in [-0.05, 0) is 59.5 Å². The molecule has 130 valence electrons. The quantitative estimate of drug-likeness (QED) is 0.271. The Bertz CT molecular complexity index is 908. The lowest BCUT2D eigenvalue weighted by atomic mass is 10.1. The second kappa shape index (κ2) is 8.27. The highest BCUT2D eigenvalue weighted by atomic mass is 32.1. The van der Waals surface area contributed by atoms with Crippen molar-refractivity contribution in [2.24, 2.45) is 0 Å². The van der Waals surface area contributed by atoms with Gasteiger partial charge in [0, 0.05) is 5.56 Å². The zero-order valence-corrected chi connectivity index (χ0v) is 14.9. The van der Waals surface area contributed by atoms with E-state index in [4.69, 9.17) is 9.47 Å². The first kappa shape index (κ1) is 17.6. The fraction of sp³-hybridized carbons (Fsp3) is 0.0476. The summed E-state index contributed by atoms with van der Waals surface area (Å²) in [6.45, 7) is 0. The minimum atomic E-state index is -0.404. The molecule has 3 rings (SSSR count). The van der Waals surface area contributed by atoms with Gasteiger partial charge in [0.2, 0.25) is 0 Å². The molecule has 0 aliphatic carbocycles. The molecule has 0 spiro atoms. The molecule has 1 aromatic heterocycles. The lowest BCUT2D eigenvalue weighted by Crippen LogP contribution is -2.06. The van der Waals surface area contributed by atoms with Crippen molar-refractivity contribution in [1.29, 1.82) is 0 Å². The summed E-state index contributed by atoms with van der Waals surface area (Å²) in [5, 5.41) is 1.81. The van der Waals surface area contributed by atoms with E-state index in [-0.39, 0.29) is 5.78 Å². The number of hydrogen-bond acceptors (Lipinski definition) is 5. The van der Waals surface area contributed by atoms with Crippen LogP contribution in [0.4, 0.5) is 0 Å². The summed E-state index contributed by atoms with van der Waals surface area (Å²) in [4.78, 5) is 24.7. The molecule has 5 heteroatoms. The zero-order chi connectivity index (χ0) is 18.4. The van der Waals surface area contributed by atoms with Crippen molar-refractivity contribution in [2.75, 3.05) is 7.11 Å². The van der Waals surface area contributed by atoms with E-state index >= 15 is 0 Å². The second-order valence-electron chi connectivity index (χ2n) is 5.36. The van der Waals surface area contributed by atoms with Gasteiger partial charge in [0.25, 0.3) is 0 Å². The fourth-order valence-corrected chi connectivity index (χ4v) is 2.82. The van der Waals surface area contributed by atoms with E-state index in [1.54, 1.807) is 49.6 Å². The molecule has 0 amide bonds. The molecule has 0 bridgehead atoms. The molecule has 26 heavy (non-hydrogen) atoms. The fourth-order valence-electron chi connectivity index (χ4n) is 2.22. The SMILES string of the molecule is COc1ccc(C=CC(=O)c2ccc(OC(=O)c3cccs3)cc2)cc1. The molecule has 0 aliphatic heterocycles. The smallest absolute Gasteiger partial charge is 0.353 e. The molecule has 4 nitrogen and oxygen atoms in total. The van der Waals surface area contributed by atoms with Gasteiger partial charge in [-0.25, -0.2) is 4.79 Å². The van der Waals surface area contributed by atoms with Crippen molar-refractivity contribution in [3.8, 4) is 11.5 Å². The first-order chi connectivity index (χ1) is 12.7. The summed E-state index contributed by atoms with van der Waals surface area (Å²) in [7, 11) is 1.61. The summed E-state index contributed by atoms with van der Waals surface area (Å²) in [6.07, 6.45) is 3.25. The first-order valence-corrected chi connectivity index (χ1v) is 8.76. The third-order valence-corrected chi connectivity index (χ3v) is 4.46. The van der Waals surface area contributed by atoms with Gasteiger partial charge in [0.1, 0.15) is 16.4 Å². The Kier molecular flexibility index (Phi) is 5.61. The third kappa shape index (κ3) is 4.46. The maximum absolute atomic E-state index is 12.2. The van der Waals surface area contributed by atoms with Crippen LogP contribution in [-0.2, 0) is 0 Å². The number of hydrogen-bond donors (Lipinski definition) is 0. The topological polar surface area (TPSA) is 52.6 Å². The van der Waals surface area contributed by atoms with E-state index in [1.807, 2.05) is 29.6 Å². The van der Waals surface area contributed by atoms with Crippen molar-refractivity contribution < 1.29 is 19.1 Å². The number of ketones is 1. The van der Waals surface area contributed by atoms with Crippen LogP contribution >= 0.6 is 11.3 Å². The van der Waals surface area contributed by atoms with Crippen molar-refractivity contribution in [1.82, 2.24) is 0 Å². The number of carbonyl (C=O) groups excluding carboxylic acids is 2. The van der Waals surface area contributed by atoms with Crippen molar-refractivity contribution >= 4 is 29.2 Å². The molecule has 1 heterocycles. The summed E-state index contributed by atoms with van der Waals surface area (Å²) in [5.74, 6) is 0.635. The normalized spacial score (nSPS) is 10.7. The van der Waals surface area contributed by atoms with Crippen LogP contribution < -0.4 is 9.47 Å². The van der Waals surface area contributed by atoms with Crippen molar-refractivity contribution in [3.05, 3.63) is 88.1 Å². The first-order valence-electron chi connectivity index (χ1n) is 7.88. The number of thiophene rings is 1. The number of carbonyl (C=O) groups is 2. The molecular formula is C21H16O4S. The Balaban J connectivity index is 1.62. The molecule has 0 aliphatic rings. The Morgan fingerprint density at radius 1 is 0.923 bits per heavy atom. The van der Waals surface area contributed by atoms with Gasteiger partial charge in [0.15, 0.2) is 5.78 Å². The van der Waals surface area contributed by atoms with E-state index in [0.717, 1.165) is 11.3 Å². The highest BCUT2D eigenvalue weighted by molar-refractivity contribution is 7.12. The molecule has 0 unspecified atom stereocenters. The molecule has 0 fully saturated rings. The molecule has 0 N–H and O–H groups in total. The highest BCUT2D eigenvalue weighted by Gasteiger charge is 2.10. The minimum Gasteiger partial charge on any atom is -0.497 e. The lowest BCUT2D eigenvalue weighted by molar-refractivity contribution is 0.0740. The van der Waals surface area contributed by atoms with Crippen molar-refractivity contribution in [2.45, 2.75) is 0 Å². The van der Waals surface area contributed by atoms with E-state index in [2.05, 4.69) is 0 Å². The van der Waals surface area contributed by atoms with Crippen LogP contribution in [0, 0.1) is 0 Å². The van der Waals surface area contributed by atoms with Crippen LogP contribution in [0.5, 0.6) is 11.5 Å². The monoisotopic (exact) mass is 364 g/mol. The van der Waals surface area contributed by atoms with Crippen LogP contribution in [0.1, 0.15) is 25.6 Å². The molecule has 0 atom stereocenters. The van der Waals surface area contributed by atoms with Gasteiger partial charge in [0.05, 0.1) is 7.11 Å². The van der Waals surface area contributed by atoms with Gasteiger partial charge in [-0.3, -0.25) is 4.79 Å². The average molecular weight is 364 g/mol. The number of rotatable bonds is 6. The number of ether oxygens (including phenoxy) is 2. The standard InChI is InChI=1S/C21H16O4S/c1-24-17-9-4-15(5-10-17)6-13-19(22)16-7-11-18(12-8-16)25-21(23)20-3-2-14-26-20/h2-14H,1H3. The number of allylic oxidation sites excluding steroid dienone is 1. The molecule has 0 saturated heterocycles. The Morgan fingerprint density at radius 2 is 1.62 bits per heavy atom. The van der Waals surface area contributed by atoms with E-state index in [0.29, 0.717) is 16.2 Å². The average Bonchev–Trinajstić information content (AvgIpc) is 3.22. The Hall–Kier alpha value is -3.18. The largest absolute Gasteiger partial charge is 0.497 e. The van der Waals surface area contributed by atoms with E-state index in [1.165, 1.54) is 17.4 Å². The van der Waals surface area contributed by atoms with Gasteiger partial charge in [-0.1, -0.05) is 24.3 Å². The number of methoxy groups -OCH3 is 1. The van der Waals surface area contributed by atoms with E-state index in [9.17, 15) is 9.59 Å². The summed E-state index contributed by atoms with van der Waals surface area (Å²) >= 11 is 1.32. The van der Waals surface area contributed by atoms with Crippen LogP contribution in [0.2, 0.25) is 0 Å². The molecule has 0 radical (unpaired) electrons. The molecule has 2 aromatic carbocycles. The summed E-state index contributed by atoms with van der Waals surface area (Å²) in [5.41, 5.74) is 1.42. The third-order valence-electron chi connectivity index (χ3n) is 3.61. The summed E-state index contributed by atoms with van der Waals surface area (Å²) in [6, 6.07) is 17.4. The van der Waals surface area contributed by atoms with Gasteiger partial charge >= 0.3 is 5.97 Å². The Labute approximate surface area is 155 Å². The van der Waals surface area contributed by atoms with Crippen LogP contribution in [0.3, 0.4) is 0 Å². The zero-order valence-electron chi connectivity index (χ0n) is 14.0. The molecule has 0 saturated carbocycles. The predicted octanol–water partition coefficient (Wildman–Crippen LogP) is 4.87.